The van der Waals surface area contributed by atoms with Crippen LogP contribution in [-0.2, 0) is 11.3 Å². The zero-order valence-electron chi connectivity index (χ0n) is 25.4. The van der Waals surface area contributed by atoms with Gasteiger partial charge in [-0.25, -0.2) is 4.98 Å². The lowest BCUT2D eigenvalue weighted by Crippen LogP contribution is -2.27. The molecule has 0 radical (unpaired) electrons. The highest BCUT2D eigenvalue weighted by molar-refractivity contribution is 6.04. The summed E-state index contributed by atoms with van der Waals surface area (Å²) in [5.74, 6) is 2.28. The van der Waals surface area contributed by atoms with Gasteiger partial charge in [0.15, 0.2) is 11.5 Å². The molecule has 2 aromatic carbocycles. The molecule has 0 aliphatic carbocycles. The fourth-order valence-corrected chi connectivity index (χ4v) is 5.55. The molecule has 10 heteroatoms. The van der Waals surface area contributed by atoms with E-state index in [9.17, 15) is 9.59 Å². The van der Waals surface area contributed by atoms with Gasteiger partial charge in [-0.2, -0.15) is 0 Å². The molecular weight excluding hydrogens is 572 g/mol. The summed E-state index contributed by atoms with van der Waals surface area (Å²) < 4.78 is 24.4. The van der Waals surface area contributed by atoms with Crippen LogP contribution in [0.15, 0.2) is 84.2 Å². The molecule has 6 rings (SSSR count). The number of aromatic nitrogens is 3. The lowest BCUT2D eigenvalue weighted by molar-refractivity contribution is 0.0612. The van der Waals surface area contributed by atoms with Crippen LogP contribution in [0.25, 0.3) is 22.0 Å². The number of rotatable bonds is 9. The summed E-state index contributed by atoms with van der Waals surface area (Å²) in [6, 6.07) is 16.4. The van der Waals surface area contributed by atoms with Crippen molar-refractivity contribution in [3.05, 3.63) is 101 Å². The van der Waals surface area contributed by atoms with Crippen molar-refractivity contribution >= 4 is 22.6 Å². The van der Waals surface area contributed by atoms with Crippen LogP contribution in [0.5, 0.6) is 23.0 Å². The van der Waals surface area contributed by atoms with Gasteiger partial charge in [0.05, 0.1) is 25.9 Å². The number of benzene rings is 2. The van der Waals surface area contributed by atoms with E-state index in [1.54, 1.807) is 56.9 Å². The molecular formula is C35H34N4O6. The van der Waals surface area contributed by atoms with E-state index in [2.05, 4.69) is 15.3 Å². The summed E-state index contributed by atoms with van der Waals surface area (Å²) >= 11 is 0. The van der Waals surface area contributed by atoms with Crippen LogP contribution in [0.2, 0.25) is 0 Å². The molecule has 1 aliphatic heterocycles. The largest absolute Gasteiger partial charge is 0.493 e. The van der Waals surface area contributed by atoms with Crippen LogP contribution in [0.1, 0.15) is 28.8 Å². The molecule has 45 heavy (non-hydrogen) atoms. The molecule has 5 aromatic rings. The SMILES string of the molecule is COc1cc2nccc(Oc3ccc(NC(=O)c4cn(CC5CCOCC5)cc(-c5ccccc5C)c4=O)nc3)c2cc1OC. The molecule has 10 nitrogen and oxygen atoms in total. The molecule has 1 aliphatic rings. The summed E-state index contributed by atoms with van der Waals surface area (Å²) in [6.45, 7) is 4.08. The minimum Gasteiger partial charge on any atom is -0.493 e. The first-order valence-corrected chi connectivity index (χ1v) is 14.8. The Morgan fingerprint density at radius 2 is 1.73 bits per heavy atom. The quantitative estimate of drug-likeness (QED) is 0.209. The number of pyridine rings is 3. The highest BCUT2D eigenvalue weighted by Crippen LogP contribution is 2.37. The Morgan fingerprint density at radius 3 is 2.47 bits per heavy atom. The molecule has 1 fully saturated rings. The monoisotopic (exact) mass is 606 g/mol. The van der Waals surface area contributed by atoms with Gasteiger partial charge in [-0.15, -0.1) is 0 Å². The maximum absolute atomic E-state index is 13.7. The number of carbonyl (C=O) groups excluding carboxylic acids is 1. The Kier molecular flexibility index (Phi) is 8.74. The first-order chi connectivity index (χ1) is 21.9. The van der Waals surface area contributed by atoms with Gasteiger partial charge in [-0.1, -0.05) is 24.3 Å². The van der Waals surface area contributed by atoms with Crippen molar-refractivity contribution in [1.82, 2.24) is 14.5 Å². The highest BCUT2D eigenvalue weighted by atomic mass is 16.5. The molecule has 4 heterocycles. The second-order valence-corrected chi connectivity index (χ2v) is 11.0. The van der Waals surface area contributed by atoms with E-state index in [1.165, 1.54) is 6.20 Å². The van der Waals surface area contributed by atoms with Gasteiger partial charge < -0.3 is 28.8 Å². The molecule has 230 valence electrons. The molecule has 0 atom stereocenters. The normalized spacial score (nSPS) is 13.4. The summed E-state index contributed by atoms with van der Waals surface area (Å²) in [4.78, 5) is 36.0. The minimum absolute atomic E-state index is 0.0533. The number of hydrogen-bond acceptors (Lipinski definition) is 8. The predicted octanol–water partition coefficient (Wildman–Crippen LogP) is 6.26. The smallest absolute Gasteiger partial charge is 0.262 e. The zero-order valence-corrected chi connectivity index (χ0v) is 25.4. The Labute approximate surface area is 260 Å². The average molecular weight is 607 g/mol. The lowest BCUT2D eigenvalue weighted by atomic mass is 9.98. The van der Waals surface area contributed by atoms with Crippen molar-refractivity contribution in [3.8, 4) is 34.1 Å². The van der Waals surface area contributed by atoms with Gasteiger partial charge >= 0.3 is 0 Å². The molecule has 3 aromatic heterocycles. The third-order valence-electron chi connectivity index (χ3n) is 7.98. The molecule has 0 bridgehead atoms. The van der Waals surface area contributed by atoms with E-state index in [1.807, 2.05) is 42.0 Å². The van der Waals surface area contributed by atoms with Gasteiger partial charge in [0.1, 0.15) is 22.9 Å². The van der Waals surface area contributed by atoms with Gasteiger partial charge in [0.25, 0.3) is 5.91 Å². The summed E-state index contributed by atoms with van der Waals surface area (Å²) in [5.41, 5.74) is 2.65. The number of nitrogens with zero attached hydrogens (tertiary/aromatic N) is 3. The van der Waals surface area contributed by atoms with Crippen LogP contribution < -0.4 is 25.0 Å². The van der Waals surface area contributed by atoms with Crippen molar-refractivity contribution in [2.45, 2.75) is 26.3 Å². The number of methoxy groups -OCH3 is 2. The first-order valence-electron chi connectivity index (χ1n) is 14.8. The van der Waals surface area contributed by atoms with Crippen molar-refractivity contribution in [3.63, 3.8) is 0 Å². The number of nitrogens with one attached hydrogen (secondary N) is 1. The van der Waals surface area contributed by atoms with Gasteiger partial charge in [-0.3, -0.25) is 14.6 Å². The number of anilines is 1. The lowest BCUT2D eigenvalue weighted by Gasteiger charge is -2.24. The van der Waals surface area contributed by atoms with E-state index in [0.29, 0.717) is 59.8 Å². The van der Waals surface area contributed by atoms with Crippen molar-refractivity contribution in [2.75, 3.05) is 32.8 Å². The van der Waals surface area contributed by atoms with Crippen molar-refractivity contribution in [2.24, 2.45) is 5.92 Å². The molecule has 0 spiro atoms. The molecule has 0 unspecified atom stereocenters. The predicted molar refractivity (Wildman–Crippen MR) is 172 cm³/mol. The number of ether oxygens (including phenoxy) is 4. The molecule has 1 N–H and O–H groups in total. The van der Waals surface area contributed by atoms with E-state index >= 15 is 0 Å². The second-order valence-electron chi connectivity index (χ2n) is 11.0. The van der Waals surface area contributed by atoms with E-state index in [-0.39, 0.29) is 16.8 Å². The van der Waals surface area contributed by atoms with E-state index < -0.39 is 5.91 Å². The number of aryl methyl sites for hydroxylation is 1. The van der Waals surface area contributed by atoms with Gasteiger partial charge in [0, 0.05) is 55.4 Å². The highest BCUT2D eigenvalue weighted by Gasteiger charge is 2.20. The maximum atomic E-state index is 13.7. The maximum Gasteiger partial charge on any atom is 0.262 e. The van der Waals surface area contributed by atoms with Gasteiger partial charge in [-0.05, 0) is 61.1 Å². The average Bonchev–Trinajstić information content (AvgIpc) is 3.06. The van der Waals surface area contributed by atoms with Crippen molar-refractivity contribution < 1.29 is 23.7 Å². The molecule has 1 saturated heterocycles. The third kappa shape index (κ3) is 6.51. The molecule has 0 saturated carbocycles. The van der Waals surface area contributed by atoms with E-state index in [0.717, 1.165) is 29.4 Å². The Bertz CT molecular complexity index is 1900. The second kappa shape index (κ2) is 13.2. The molecule has 1 amide bonds. The standard InChI is InChI=1S/C35H34N4O6/c1-22-6-4-5-7-25(22)27-20-39(19-23-11-14-44-15-12-23)21-28(34(27)40)35(41)38-33-9-8-24(18-37-33)45-30-10-13-36-29-17-32(43-3)31(42-2)16-26(29)30/h4-10,13,16-18,20-21,23H,11-12,14-15,19H2,1-3H3,(H,37,38,41). The fraction of sp³-hybridized carbons (Fsp3) is 0.257. The first kappa shape index (κ1) is 29.8. The van der Waals surface area contributed by atoms with Crippen LogP contribution in [0.4, 0.5) is 5.82 Å². The zero-order chi connectivity index (χ0) is 31.3. The summed E-state index contributed by atoms with van der Waals surface area (Å²) in [7, 11) is 3.14. The Morgan fingerprint density at radius 1 is 0.956 bits per heavy atom. The minimum atomic E-state index is -0.529. The Hall–Kier alpha value is -5.22. The van der Waals surface area contributed by atoms with E-state index in [4.69, 9.17) is 18.9 Å². The number of amides is 1. The Balaban J connectivity index is 1.25. The number of carbonyl (C=O) groups is 1. The summed E-state index contributed by atoms with van der Waals surface area (Å²) in [6.07, 6.45) is 8.52. The topological polar surface area (TPSA) is 114 Å². The number of hydrogen-bond donors (Lipinski definition) is 1. The van der Waals surface area contributed by atoms with Crippen LogP contribution >= 0.6 is 0 Å². The third-order valence-corrected chi connectivity index (χ3v) is 7.98. The summed E-state index contributed by atoms with van der Waals surface area (Å²) in [5, 5.41) is 3.53. The van der Waals surface area contributed by atoms with Crippen LogP contribution in [0, 0.1) is 12.8 Å². The van der Waals surface area contributed by atoms with Crippen LogP contribution in [0.3, 0.4) is 0 Å². The van der Waals surface area contributed by atoms with Gasteiger partial charge in [0.2, 0.25) is 5.43 Å². The van der Waals surface area contributed by atoms with Crippen LogP contribution in [-0.4, -0.2) is 47.9 Å². The number of fused-ring (bicyclic) bond motifs is 1. The fourth-order valence-electron chi connectivity index (χ4n) is 5.55. The van der Waals surface area contributed by atoms with Crippen molar-refractivity contribution in [1.29, 1.82) is 0 Å².